The highest BCUT2D eigenvalue weighted by Gasteiger charge is 2.39. The fourth-order valence-electron chi connectivity index (χ4n) is 2.33. The third-order valence-corrected chi connectivity index (χ3v) is 4.70. The summed E-state index contributed by atoms with van der Waals surface area (Å²) in [5.74, 6) is 6.58. The van der Waals surface area contributed by atoms with Gasteiger partial charge in [-0.25, -0.2) is 10.8 Å². The second-order valence-electron chi connectivity index (χ2n) is 4.44. The van der Waals surface area contributed by atoms with Crippen LogP contribution in [0.5, 0.6) is 0 Å². The number of amides is 1. The Morgan fingerprint density at radius 2 is 2.41 bits per heavy atom. The molecule has 0 aliphatic carbocycles. The molecule has 6 nitrogen and oxygen atoms in total. The van der Waals surface area contributed by atoms with Crippen molar-refractivity contribution in [1.29, 1.82) is 0 Å². The van der Waals surface area contributed by atoms with E-state index >= 15 is 0 Å². The zero-order chi connectivity index (χ0) is 12.3. The molecule has 0 aromatic rings. The first-order chi connectivity index (χ1) is 8.20. The zero-order valence-corrected chi connectivity index (χ0v) is 10.5. The summed E-state index contributed by atoms with van der Waals surface area (Å²) in [6.07, 6.45) is 3.50. The number of carbonyl (C=O) groups is 1. The summed E-state index contributed by atoms with van der Waals surface area (Å²) in [7, 11) is 0. The molecular formula is C10H19N5OS. The van der Waals surface area contributed by atoms with Crippen LogP contribution in [0, 0.1) is 0 Å². The molecule has 2 aliphatic rings. The number of fused-ring (bicyclic) bond motifs is 1. The summed E-state index contributed by atoms with van der Waals surface area (Å²) in [6, 6.07) is 0.737. The van der Waals surface area contributed by atoms with Gasteiger partial charge < -0.3 is 11.1 Å². The van der Waals surface area contributed by atoms with Gasteiger partial charge in [-0.2, -0.15) is 11.8 Å². The molecule has 1 saturated heterocycles. The molecule has 0 saturated carbocycles. The minimum Gasteiger partial charge on any atom is -0.370 e. The summed E-state index contributed by atoms with van der Waals surface area (Å²) in [4.78, 5) is 15.4. The number of aliphatic imine (C=N–C) groups is 1. The molecule has 17 heavy (non-hydrogen) atoms. The van der Waals surface area contributed by atoms with Crippen LogP contribution in [-0.2, 0) is 4.79 Å². The van der Waals surface area contributed by atoms with Gasteiger partial charge in [-0.05, 0) is 12.8 Å². The molecule has 96 valence electrons. The number of unbranched alkanes of at least 4 members (excludes halogenated alkanes) is 1. The van der Waals surface area contributed by atoms with Crippen LogP contribution in [0.1, 0.15) is 25.7 Å². The zero-order valence-electron chi connectivity index (χ0n) is 9.69. The first kappa shape index (κ1) is 12.5. The Labute approximate surface area is 105 Å². The Hall–Kier alpha value is -0.950. The SMILES string of the molecule is NNC(=O)CCCCC1SCC2NC(N)=NC21. The summed E-state index contributed by atoms with van der Waals surface area (Å²) in [5.41, 5.74) is 7.81. The number of rotatable bonds is 5. The van der Waals surface area contributed by atoms with E-state index in [-0.39, 0.29) is 5.91 Å². The fraction of sp³-hybridized carbons (Fsp3) is 0.800. The van der Waals surface area contributed by atoms with E-state index in [1.807, 2.05) is 11.8 Å². The van der Waals surface area contributed by atoms with Gasteiger partial charge in [-0.1, -0.05) is 6.42 Å². The van der Waals surface area contributed by atoms with Gasteiger partial charge in [-0.3, -0.25) is 10.2 Å². The average molecular weight is 257 g/mol. The van der Waals surface area contributed by atoms with Crippen molar-refractivity contribution in [3.63, 3.8) is 0 Å². The molecule has 7 heteroatoms. The molecule has 1 fully saturated rings. The van der Waals surface area contributed by atoms with Gasteiger partial charge in [0.2, 0.25) is 5.91 Å². The van der Waals surface area contributed by atoms with E-state index in [9.17, 15) is 4.79 Å². The normalized spacial score (nSPS) is 30.6. The molecule has 0 spiro atoms. The van der Waals surface area contributed by atoms with Crippen molar-refractivity contribution in [2.75, 3.05) is 5.75 Å². The van der Waals surface area contributed by atoms with Crippen LogP contribution >= 0.6 is 11.8 Å². The van der Waals surface area contributed by atoms with E-state index < -0.39 is 0 Å². The monoisotopic (exact) mass is 257 g/mol. The van der Waals surface area contributed by atoms with Gasteiger partial charge in [0.05, 0.1) is 12.1 Å². The maximum Gasteiger partial charge on any atom is 0.233 e. The first-order valence-electron chi connectivity index (χ1n) is 5.91. The number of guanidine groups is 1. The Morgan fingerprint density at radius 3 is 3.18 bits per heavy atom. The Balaban J connectivity index is 1.68. The smallest absolute Gasteiger partial charge is 0.233 e. The van der Waals surface area contributed by atoms with Gasteiger partial charge in [0.15, 0.2) is 5.96 Å². The average Bonchev–Trinajstić information content (AvgIpc) is 2.84. The molecule has 0 aromatic carbocycles. The molecule has 0 aromatic heterocycles. The standard InChI is InChI=1S/C10H19N5OS/c11-10-13-6-5-17-7(9(6)14-10)3-1-2-4-8(16)15-12/h6-7,9H,1-5,12H2,(H,15,16)(H3,11,13,14). The minimum absolute atomic E-state index is 0.0910. The number of hydrogen-bond donors (Lipinski definition) is 4. The summed E-state index contributed by atoms with van der Waals surface area (Å²) >= 11 is 1.95. The predicted molar refractivity (Wildman–Crippen MR) is 69.4 cm³/mol. The van der Waals surface area contributed by atoms with E-state index in [0.29, 0.717) is 29.7 Å². The van der Waals surface area contributed by atoms with Crippen LogP contribution in [0.2, 0.25) is 0 Å². The highest BCUT2D eigenvalue weighted by atomic mass is 32.2. The van der Waals surface area contributed by atoms with Crippen LogP contribution in [0.15, 0.2) is 4.99 Å². The molecule has 6 N–H and O–H groups in total. The second kappa shape index (κ2) is 5.59. The fourth-order valence-corrected chi connectivity index (χ4v) is 3.84. The summed E-state index contributed by atoms with van der Waals surface area (Å²) in [5, 5.41) is 3.73. The van der Waals surface area contributed by atoms with Crippen molar-refractivity contribution in [3.8, 4) is 0 Å². The van der Waals surface area contributed by atoms with Gasteiger partial charge in [-0.15, -0.1) is 0 Å². The minimum atomic E-state index is -0.0910. The molecule has 3 atom stereocenters. The Kier molecular flexibility index (Phi) is 4.11. The van der Waals surface area contributed by atoms with Crippen molar-refractivity contribution in [2.24, 2.45) is 16.6 Å². The van der Waals surface area contributed by atoms with Gasteiger partial charge in [0.25, 0.3) is 0 Å². The number of carbonyl (C=O) groups excluding carboxylic acids is 1. The maximum absolute atomic E-state index is 10.9. The molecule has 3 unspecified atom stereocenters. The Bertz CT molecular complexity index is 322. The molecule has 2 heterocycles. The van der Waals surface area contributed by atoms with Gasteiger partial charge >= 0.3 is 0 Å². The molecule has 2 rings (SSSR count). The number of hydrazine groups is 1. The topological polar surface area (TPSA) is 106 Å². The third kappa shape index (κ3) is 3.04. The van der Waals surface area contributed by atoms with E-state index in [1.54, 1.807) is 0 Å². The number of thioether (sulfide) groups is 1. The van der Waals surface area contributed by atoms with Crippen LogP contribution in [0.25, 0.3) is 0 Å². The Morgan fingerprint density at radius 1 is 1.59 bits per heavy atom. The number of nitrogens with two attached hydrogens (primary N) is 2. The lowest BCUT2D eigenvalue weighted by Crippen LogP contribution is -2.38. The maximum atomic E-state index is 10.9. The van der Waals surface area contributed by atoms with E-state index in [2.05, 4.69) is 15.7 Å². The number of nitrogens with one attached hydrogen (secondary N) is 2. The lowest BCUT2D eigenvalue weighted by atomic mass is 10.0. The lowest BCUT2D eigenvalue weighted by Gasteiger charge is -2.14. The lowest BCUT2D eigenvalue weighted by molar-refractivity contribution is -0.121. The van der Waals surface area contributed by atoms with E-state index in [4.69, 9.17) is 11.6 Å². The third-order valence-electron chi connectivity index (χ3n) is 3.21. The van der Waals surface area contributed by atoms with Crippen molar-refractivity contribution in [2.45, 2.75) is 43.0 Å². The highest BCUT2D eigenvalue weighted by Crippen LogP contribution is 2.35. The molecular weight excluding hydrogens is 238 g/mol. The molecule has 1 amide bonds. The van der Waals surface area contributed by atoms with Crippen LogP contribution < -0.4 is 22.3 Å². The van der Waals surface area contributed by atoms with Gasteiger partial charge in [0.1, 0.15) is 0 Å². The largest absolute Gasteiger partial charge is 0.370 e. The molecule has 0 radical (unpaired) electrons. The van der Waals surface area contributed by atoms with Gasteiger partial charge in [0, 0.05) is 17.4 Å². The van der Waals surface area contributed by atoms with Crippen LogP contribution in [0.3, 0.4) is 0 Å². The quantitative estimate of drug-likeness (QED) is 0.226. The summed E-state index contributed by atoms with van der Waals surface area (Å²) in [6.45, 7) is 0. The second-order valence-corrected chi connectivity index (χ2v) is 5.71. The van der Waals surface area contributed by atoms with E-state index in [1.165, 1.54) is 0 Å². The van der Waals surface area contributed by atoms with Crippen molar-refractivity contribution in [3.05, 3.63) is 0 Å². The van der Waals surface area contributed by atoms with Crippen LogP contribution in [-0.4, -0.2) is 35.0 Å². The van der Waals surface area contributed by atoms with Crippen molar-refractivity contribution >= 4 is 23.6 Å². The van der Waals surface area contributed by atoms with Crippen molar-refractivity contribution in [1.82, 2.24) is 10.7 Å². The van der Waals surface area contributed by atoms with Crippen LogP contribution in [0.4, 0.5) is 0 Å². The molecule has 2 aliphatic heterocycles. The number of hydrogen-bond acceptors (Lipinski definition) is 6. The van der Waals surface area contributed by atoms with Crippen molar-refractivity contribution < 1.29 is 4.79 Å². The highest BCUT2D eigenvalue weighted by molar-refractivity contribution is 8.00. The van der Waals surface area contributed by atoms with E-state index in [0.717, 1.165) is 25.0 Å². The molecule has 0 bridgehead atoms. The first-order valence-corrected chi connectivity index (χ1v) is 6.96. The summed E-state index contributed by atoms with van der Waals surface area (Å²) < 4.78 is 0. The predicted octanol–water partition coefficient (Wildman–Crippen LogP) is -0.693. The number of nitrogens with zero attached hydrogens (tertiary/aromatic N) is 1.